The fourth-order valence-corrected chi connectivity index (χ4v) is 2.24. The Balaban J connectivity index is 2.06. The molecule has 4 heteroatoms. The van der Waals surface area contributed by atoms with Gasteiger partial charge in [0.05, 0.1) is 25.7 Å². The highest BCUT2D eigenvalue weighted by molar-refractivity contribution is 5.77. The van der Waals surface area contributed by atoms with Crippen LogP contribution in [-0.2, 0) is 9.53 Å². The molecule has 15 heavy (non-hydrogen) atoms. The lowest BCUT2D eigenvalue weighted by molar-refractivity contribution is -0.132. The SMILES string of the molecule is O=C1CCOCCN1[C@@H]1C=CC[C@@H]1CO. The summed E-state index contributed by atoms with van der Waals surface area (Å²) in [5, 5.41) is 9.21. The number of allylic oxidation sites excluding steroid dienone is 1. The average Bonchev–Trinajstić information content (AvgIpc) is 2.61. The van der Waals surface area contributed by atoms with Gasteiger partial charge < -0.3 is 14.7 Å². The second kappa shape index (κ2) is 4.77. The average molecular weight is 211 g/mol. The molecule has 1 saturated heterocycles. The first-order valence-corrected chi connectivity index (χ1v) is 5.47. The molecule has 1 N–H and O–H groups in total. The van der Waals surface area contributed by atoms with Crippen LogP contribution in [0.5, 0.6) is 0 Å². The summed E-state index contributed by atoms with van der Waals surface area (Å²) in [6.45, 7) is 1.91. The fraction of sp³-hybridized carbons (Fsp3) is 0.727. The van der Waals surface area contributed by atoms with Gasteiger partial charge in [0.1, 0.15) is 0 Å². The normalized spacial score (nSPS) is 32.1. The number of carbonyl (C=O) groups excluding carboxylic acids is 1. The summed E-state index contributed by atoms with van der Waals surface area (Å²) in [6, 6.07) is 0.0733. The smallest absolute Gasteiger partial charge is 0.225 e. The van der Waals surface area contributed by atoms with Crippen LogP contribution in [0.2, 0.25) is 0 Å². The van der Waals surface area contributed by atoms with Crippen molar-refractivity contribution in [2.75, 3.05) is 26.4 Å². The van der Waals surface area contributed by atoms with Gasteiger partial charge >= 0.3 is 0 Å². The van der Waals surface area contributed by atoms with Gasteiger partial charge in [0.15, 0.2) is 0 Å². The van der Waals surface area contributed by atoms with Crippen molar-refractivity contribution in [1.82, 2.24) is 4.90 Å². The van der Waals surface area contributed by atoms with Crippen LogP contribution in [0, 0.1) is 5.92 Å². The monoisotopic (exact) mass is 211 g/mol. The maximum Gasteiger partial charge on any atom is 0.225 e. The van der Waals surface area contributed by atoms with Gasteiger partial charge in [-0.1, -0.05) is 12.2 Å². The van der Waals surface area contributed by atoms with Crippen molar-refractivity contribution in [3.8, 4) is 0 Å². The molecule has 1 aliphatic carbocycles. The van der Waals surface area contributed by atoms with Crippen LogP contribution >= 0.6 is 0 Å². The van der Waals surface area contributed by atoms with Crippen molar-refractivity contribution < 1.29 is 14.6 Å². The van der Waals surface area contributed by atoms with Crippen molar-refractivity contribution in [3.05, 3.63) is 12.2 Å². The number of aliphatic hydroxyl groups excluding tert-OH is 1. The first-order chi connectivity index (χ1) is 7.33. The Labute approximate surface area is 89.5 Å². The summed E-state index contributed by atoms with van der Waals surface area (Å²) in [5.74, 6) is 0.314. The molecule has 1 heterocycles. The van der Waals surface area contributed by atoms with E-state index in [0.717, 1.165) is 6.42 Å². The van der Waals surface area contributed by atoms with E-state index >= 15 is 0 Å². The number of hydrogen-bond acceptors (Lipinski definition) is 3. The molecule has 0 saturated carbocycles. The van der Waals surface area contributed by atoms with E-state index in [4.69, 9.17) is 4.74 Å². The molecule has 1 amide bonds. The van der Waals surface area contributed by atoms with Gasteiger partial charge in [0, 0.05) is 19.1 Å². The van der Waals surface area contributed by atoms with Gasteiger partial charge in [-0.05, 0) is 6.42 Å². The number of amides is 1. The van der Waals surface area contributed by atoms with Crippen LogP contribution in [0.25, 0.3) is 0 Å². The molecule has 1 fully saturated rings. The number of nitrogens with zero attached hydrogens (tertiary/aromatic N) is 1. The van der Waals surface area contributed by atoms with Gasteiger partial charge in [0.25, 0.3) is 0 Å². The maximum atomic E-state index is 11.8. The predicted molar refractivity (Wildman–Crippen MR) is 55.3 cm³/mol. The van der Waals surface area contributed by atoms with E-state index in [-0.39, 0.29) is 24.5 Å². The molecule has 0 aromatic rings. The largest absolute Gasteiger partial charge is 0.396 e. The maximum absolute atomic E-state index is 11.8. The Morgan fingerprint density at radius 2 is 2.40 bits per heavy atom. The molecule has 4 nitrogen and oxygen atoms in total. The molecular weight excluding hydrogens is 194 g/mol. The lowest BCUT2D eigenvalue weighted by Crippen LogP contribution is -2.43. The predicted octanol–water partition coefficient (Wildman–Crippen LogP) is 0.172. The van der Waals surface area contributed by atoms with Gasteiger partial charge in [-0.3, -0.25) is 4.79 Å². The van der Waals surface area contributed by atoms with Crippen molar-refractivity contribution in [3.63, 3.8) is 0 Å². The minimum Gasteiger partial charge on any atom is -0.396 e. The number of aliphatic hydroxyl groups is 1. The Morgan fingerprint density at radius 3 is 3.20 bits per heavy atom. The lowest BCUT2D eigenvalue weighted by Gasteiger charge is -2.30. The van der Waals surface area contributed by atoms with Crippen LogP contribution < -0.4 is 0 Å². The molecule has 84 valence electrons. The van der Waals surface area contributed by atoms with E-state index in [2.05, 4.69) is 0 Å². The van der Waals surface area contributed by atoms with Gasteiger partial charge in [-0.15, -0.1) is 0 Å². The van der Waals surface area contributed by atoms with E-state index in [9.17, 15) is 9.90 Å². The third-order valence-corrected chi connectivity index (χ3v) is 3.11. The Kier molecular flexibility index (Phi) is 3.38. The van der Waals surface area contributed by atoms with Gasteiger partial charge in [-0.25, -0.2) is 0 Å². The molecule has 0 unspecified atom stereocenters. The summed E-state index contributed by atoms with van der Waals surface area (Å²) in [7, 11) is 0. The summed E-state index contributed by atoms with van der Waals surface area (Å²) in [6.07, 6.45) is 5.41. The highest BCUT2D eigenvalue weighted by Gasteiger charge is 2.31. The van der Waals surface area contributed by atoms with Crippen molar-refractivity contribution in [2.45, 2.75) is 18.9 Å². The first-order valence-electron chi connectivity index (χ1n) is 5.47. The Bertz CT molecular complexity index is 265. The van der Waals surface area contributed by atoms with E-state index < -0.39 is 0 Å². The van der Waals surface area contributed by atoms with Crippen molar-refractivity contribution >= 4 is 5.91 Å². The van der Waals surface area contributed by atoms with Crippen LogP contribution in [0.15, 0.2) is 12.2 Å². The zero-order chi connectivity index (χ0) is 10.7. The van der Waals surface area contributed by atoms with Gasteiger partial charge in [-0.2, -0.15) is 0 Å². The van der Waals surface area contributed by atoms with Crippen LogP contribution in [0.4, 0.5) is 0 Å². The summed E-state index contributed by atoms with van der Waals surface area (Å²) < 4.78 is 5.27. The molecule has 0 radical (unpaired) electrons. The molecule has 2 aliphatic rings. The lowest BCUT2D eigenvalue weighted by atomic mass is 10.0. The summed E-state index contributed by atoms with van der Waals surface area (Å²) in [4.78, 5) is 13.6. The highest BCUT2D eigenvalue weighted by atomic mass is 16.5. The van der Waals surface area contributed by atoms with Crippen LogP contribution in [0.1, 0.15) is 12.8 Å². The molecule has 2 rings (SSSR count). The van der Waals surface area contributed by atoms with E-state index in [1.54, 1.807) is 0 Å². The quantitative estimate of drug-likeness (QED) is 0.662. The number of ether oxygens (including phenoxy) is 1. The van der Waals surface area contributed by atoms with Crippen LogP contribution in [-0.4, -0.2) is 48.3 Å². The van der Waals surface area contributed by atoms with E-state index in [1.807, 2.05) is 17.1 Å². The number of hydrogen-bond donors (Lipinski definition) is 1. The first kappa shape index (κ1) is 10.6. The fourth-order valence-electron chi connectivity index (χ4n) is 2.24. The van der Waals surface area contributed by atoms with Gasteiger partial charge in [0.2, 0.25) is 5.91 Å². The molecule has 1 aliphatic heterocycles. The number of carbonyl (C=O) groups is 1. The molecule has 0 aromatic carbocycles. The second-order valence-corrected chi connectivity index (χ2v) is 4.05. The minimum absolute atomic E-state index is 0.0733. The molecular formula is C11H17NO3. The van der Waals surface area contributed by atoms with E-state index in [1.165, 1.54) is 0 Å². The summed E-state index contributed by atoms with van der Waals surface area (Å²) >= 11 is 0. The molecule has 0 aromatic heterocycles. The highest BCUT2D eigenvalue weighted by Crippen LogP contribution is 2.24. The zero-order valence-electron chi connectivity index (χ0n) is 8.76. The topological polar surface area (TPSA) is 49.8 Å². The third-order valence-electron chi connectivity index (χ3n) is 3.11. The Morgan fingerprint density at radius 1 is 1.53 bits per heavy atom. The van der Waals surface area contributed by atoms with Crippen molar-refractivity contribution in [1.29, 1.82) is 0 Å². The summed E-state index contributed by atoms with van der Waals surface area (Å²) in [5.41, 5.74) is 0. The molecule has 0 bridgehead atoms. The van der Waals surface area contributed by atoms with E-state index in [0.29, 0.717) is 26.2 Å². The third kappa shape index (κ3) is 2.21. The van der Waals surface area contributed by atoms with Crippen molar-refractivity contribution in [2.24, 2.45) is 5.92 Å². The second-order valence-electron chi connectivity index (χ2n) is 4.05. The molecule has 0 spiro atoms. The Hall–Kier alpha value is -0.870. The number of rotatable bonds is 2. The van der Waals surface area contributed by atoms with Crippen LogP contribution in [0.3, 0.4) is 0 Å². The minimum atomic E-state index is 0.0733. The standard InChI is InChI=1S/C11H17NO3/c13-8-9-2-1-3-10(9)12-5-7-15-6-4-11(12)14/h1,3,9-10,13H,2,4-8H2/t9-,10-/m1/s1. The zero-order valence-corrected chi connectivity index (χ0v) is 8.76. The molecule has 2 atom stereocenters.